The highest BCUT2D eigenvalue weighted by Crippen LogP contribution is 2.00. The van der Waals surface area contributed by atoms with E-state index in [4.69, 9.17) is 16.4 Å². The molecule has 0 amide bonds. The molecule has 0 aliphatic heterocycles. The third-order valence-electron chi connectivity index (χ3n) is 1.50. The molecular formula is C6H14ClN5O2. The summed E-state index contributed by atoms with van der Waals surface area (Å²) in [6, 6.07) is -0.817. The number of carboxylic acids is 1. The van der Waals surface area contributed by atoms with Gasteiger partial charge in [0.1, 0.15) is 0 Å². The number of azide groups is 1. The molecule has 0 saturated heterocycles. The van der Waals surface area contributed by atoms with Crippen LogP contribution in [0.2, 0.25) is 0 Å². The van der Waals surface area contributed by atoms with E-state index in [1.165, 1.54) is 0 Å². The number of carboxylic acid groups (broad SMARTS) is 1. The molecule has 0 heterocycles. The first-order valence-electron chi connectivity index (χ1n) is 3.95. The number of rotatable bonds is 7. The maximum atomic E-state index is 10.5. The highest BCUT2D eigenvalue weighted by molar-refractivity contribution is 5.85. The van der Waals surface area contributed by atoms with Crippen molar-refractivity contribution in [3.05, 3.63) is 10.4 Å². The summed E-state index contributed by atoms with van der Waals surface area (Å²) in [7, 11) is 0. The minimum Gasteiger partial charge on any atom is -0.478 e. The van der Waals surface area contributed by atoms with Gasteiger partial charge >= 0.3 is 5.97 Å². The molecule has 1 atom stereocenters. The molecule has 0 aromatic carbocycles. The smallest absolute Gasteiger partial charge is 0.349 e. The van der Waals surface area contributed by atoms with Crippen molar-refractivity contribution in [1.29, 1.82) is 0 Å². The van der Waals surface area contributed by atoms with Crippen molar-refractivity contribution in [3.8, 4) is 0 Å². The van der Waals surface area contributed by atoms with Crippen molar-refractivity contribution in [2.24, 2.45) is 11.0 Å². The predicted octanol–water partition coefficient (Wildman–Crippen LogP) is 0.805. The summed E-state index contributed by atoms with van der Waals surface area (Å²) in [5.74, 6) is -1.02. The molecule has 82 valence electrons. The van der Waals surface area contributed by atoms with E-state index in [1.54, 1.807) is 0 Å². The van der Waals surface area contributed by atoms with Gasteiger partial charge in [-0.2, -0.15) is 4.91 Å². The molecule has 0 saturated carbocycles. The lowest BCUT2D eigenvalue weighted by molar-refractivity contribution is -0.139. The SMILES string of the molecule is Cl.[N-]=[N+]=NN[C@H](CCCCN)C(=O)O. The van der Waals surface area contributed by atoms with E-state index >= 15 is 0 Å². The average Bonchev–Trinajstić information content (AvgIpc) is 2.10. The summed E-state index contributed by atoms with van der Waals surface area (Å²) in [6.45, 7) is 0.536. The molecule has 4 N–H and O–H groups in total. The quantitative estimate of drug-likeness (QED) is 0.194. The molecule has 0 aliphatic rings. The molecule has 0 fully saturated rings. The van der Waals surface area contributed by atoms with Crippen LogP contribution in [0.1, 0.15) is 19.3 Å². The van der Waals surface area contributed by atoms with E-state index < -0.39 is 12.0 Å². The van der Waals surface area contributed by atoms with Crippen LogP contribution in [0.4, 0.5) is 0 Å². The van der Waals surface area contributed by atoms with Crippen LogP contribution in [0.15, 0.2) is 5.22 Å². The largest absolute Gasteiger partial charge is 0.478 e. The highest BCUT2D eigenvalue weighted by atomic mass is 35.5. The normalized spacial score (nSPS) is 10.6. The van der Waals surface area contributed by atoms with Crippen molar-refractivity contribution in [2.75, 3.05) is 6.54 Å². The van der Waals surface area contributed by atoms with Gasteiger partial charge in [0.25, 0.3) is 0 Å². The molecule has 14 heavy (non-hydrogen) atoms. The summed E-state index contributed by atoms with van der Waals surface area (Å²) in [4.78, 5) is 12.9. The van der Waals surface area contributed by atoms with Crippen LogP contribution in [0.5, 0.6) is 0 Å². The Hall–Kier alpha value is -1.17. The Kier molecular flexibility index (Phi) is 10.8. The van der Waals surface area contributed by atoms with Gasteiger partial charge in [0.05, 0.1) is 0 Å². The molecule has 7 nitrogen and oxygen atoms in total. The number of carbonyl (C=O) groups is 1. The maximum Gasteiger partial charge on any atom is 0.349 e. The van der Waals surface area contributed by atoms with Gasteiger partial charge in [0.15, 0.2) is 6.04 Å². The van der Waals surface area contributed by atoms with Crippen LogP contribution in [0.25, 0.3) is 10.4 Å². The van der Waals surface area contributed by atoms with E-state index in [0.29, 0.717) is 19.4 Å². The van der Waals surface area contributed by atoms with Gasteiger partial charge in [-0.25, -0.2) is 10.2 Å². The first-order valence-corrected chi connectivity index (χ1v) is 3.95. The lowest BCUT2D eigenvalue weighted by Crippen LogP contribution is -2.32. The summed E-state index contributed by atoms with van der Waals surface area (Å²) in [6.07, 6.45) is 1.87. The second-order valence-electron chi connectivity index (χ2n) is 2.49. The van der Waals surface area contributed by atoms with Gasteiger partial charge in [-0.3, -0.25) is 0 Å². The van der Waals surface area contributed by atoms with Crippen LogP contribution in [0, 0.1) is 0 Å². The monoisotopic (exact) mass is 223 g/mol. The zero-order chi connectivity index (χ0) is 10.1. The minimum absolute atomic E-state index is 0. The summed E-state index contributed by atoms with van der Waals surface area (Å²) in [5, 5.41) is 11.6. The highest BCUT2D eigenvalue weighted by Gasteiger charge is 2.18. The van der Waals surface area contributed by atoms with Gasteiger partial charge < -0.3 is 10.8 Å². The molecule has 0 aromatic rings. The Morgan fingerprint density at radius 1 is 1.64 bits per heavy atom. The van der Waals surface area contributed by atoms with Crippen molar-refractivity contribution in [2.45, 2.75) is 25.3 Å². The van der Waals surface area contributed by atoms with Gasteiger partial charge in [0.2, 0.25) is 0 Å². The average molecular weight is 224 g/mol. The zero-order valence-corrected chi connectivity index (χ0v) is 8.40. The topological polar surface area (TPSA) is 124 Å². The van der Waals surface area contributed by atoms with Crippen molar-refractivity contribution >= 4 is 18.4 Å². The number of nitrogens with zero attached hydrogens (tertiary/aromatic N) is 3. The number of hydrogen-bond donors (Lipinski definition) is 3. The van der Waals surface area contributed by atoms with Crippen molar-refractivity contribution in [3.63, 3.8) is 0 Å². The van der Waals surface area contributed by atoms with Gasteiger partial charge in [-0.15, -0.1) is 17.9 Å². The fourth-order valence-electron chi connectivity index (χ4n) is 0.832. The number of aliphatic carboxylic acids is 1. The maximum absolute atomic E-state index is 10.5. The molecule has 0 aliphatic carbocycles. The van der Waals surface area contributed by atoms with E-state index in [-0.39, 0.29) is 12.4 Å². The molecule has 0 unspecified atom stereocenters. The first-order chi connectivity index (χ1) is 6.22. The number of unbranched alkanes of at least 4 members (excludes halogenated alkanes) is 1. The lowest BCUT2D eigenvalue weighted by atomic mass is 10.1. The molecule has 0 radical (unpaired) electrons. The number of halogens is 1. The number of nitrogens with one attached hydrogen (secondary N) is 1. The lowest BCUT2D eigenvalue weighted by Gasteiger charge is -2.06. The summed E-state index contributed by atoms with van der Waals surface area (Å²) >= 11 is 0. The summed E-state index contributed by atoms with van der Waals surface area (Å²) < 4.78 is 0. The zero-order valence-electron chi connectivity index (χ0n) is 7.59. The Morgan fingerprint density at radius 2 is 2.29 bits per heavy atom. The third kappa shape index (κ3) is 7.48. The van der Waals surface area contributed by atoms with Crippen LogP contribution in [-0.4, -0.2) is 23.7 Å². The predicted molar refractivity (Wildman–Crippen MR) is 53.9 cm³/mol. The molecule has 0 bridgehead atoms. The number of nitrogens with two attached hydrogens (primary N) is 1. The van der Waals surface area contributed by atoms with E-state index in [1.807, 2.05) is 0 Å². The molecular weight excluding hydrogens is 210 g/mol. The third-order valence-corrected chi connectivity index (χ3v) is 1.50. The van der Waals surface area contributed by atoms with Gasteiger partial charge in [-0.05, 0) is 31.0 Å². The van der Waals surface area contributed by atoms with E-state index in [9.17, 15) is 4.79 Å². The summed E-state index contributed by atoms with van der Waals surface area (Å²) in [5.41, 5.74) is 15.4. The van der Waals surface area contributed by atoms with Gasteiger partial charge in [0, 0.05) is 0 Å². The fraction of sp³-hybridized carbons (Fsp3) is 0.833. The van der Waals surface area contributed by atoms with Crippen LogP contribution in [-0.2, 0) is 4.79 Å². The van der Waals surface area contributed by atoms with Gasteiger partial charge in [-0.1, -0.05) is 0 Å². The van der Waals surface area contributed by atoms with E-state index in [2.05, 4.69) is 15.6 Å². The van der Waals surface area contributed by atoms with E-state index in [0.717, 1.165) is 6.42 Å². The molecule has 0 aromatic heterocycles. The van der Waals surface area contributed by atoms with Crippen LogP contribution < -0.4 is 11.2 Å². The number of hydrogen-bond acceptors (Lipinski definition) is 3. The van der Waals surface area contributed by atoms with Crippen LogP contribution in [0.3, 0.4) is 0 Å². The Balaban J connectivity index is 0. The molecule has 0 spiro atoms. The minimum atomic E-state index is -1.02. The molecule has 8 heteroatoms. The van der Waals surface area contributed by atoms with Crippen LogP contribution >= 0.6 is 12.4 Å². The Labute approximate surface area is 87.7 Å². The second-order valence-corrected chi connectivity index (χ2v) is 2.49. The standard InChI is InChI=1S/C6H13N5O2.ClH/c7-4-2-1-3-5(6(12)13)9-11-10-8;/h5,9H,1-4,7H2,(H,12,13);1H/t5-;/m1./s1. The fourth-order valence-corrected chi connectivity index (χ4v) is 0.832. The van der Waals surface area contributed by atoms with Crippen molar-refractivity contribution < 1.29 is 9.90 Å². The Morgan fingerprint density at radius 3 is 2.71 bits per heavy atom. The van der Waals surface area contributed by atoms with Crippen molar-refractivity contribution in [1.82, 2.24) is 5.43 Å². The Bertz CT molecular complexity index is 206. The first kappa shape index (κ1) is 15.3. The molecule has 0 rings (SSSR count). The second kappa shape index (κ2) is 9.91.